The monoisotopic (exact) mass is 352 g/mol. The summed E-state index contributed by atoms with van der Waals surface area (Å²) in [6.07, 6.45) is -11.2. The Morgan fingerprint density at radius 3 is 1.79 bits per heavy atom. The van der Waals surface area contributed by atoms with E-state index in [0.717, 1.165) is 0 Å². The molecule has 0 aliphatic rings. The van der Waals surface area contributed by atoms with E-state index in [1.54, 1.807) is 0 Å². The van der Waals surface area contributed by atoms with Gasteiger partial charge in [-0.15, -0.1) is 0 Å². The van der Waals surface area contributed by atoms with Crippen molar-refractivity contribution in [2.75, 3.05) is 33.0 Å². The smallest absolute Gasteiger partial charge is 0.151 e. The summed E-state index contributed by atoms with van der Waals surface area (Å²) in [5.74, 6) is 0. The molecule has 4 atom stereocenters. The number of carbonyl (C=O) groups is 5. The molecule has 0 aromatic rings. The first-order valence-electron chi connectivity index (χ1n) is 8.62. The fraction of sp³-hybridized carbons (Fsp3) is 0.643. The molecule has 0 aromatic carbocycles. The lowest BCUT2D eigenvalue weighted by Gasteiger charge is -2.32. The van der Waals surface area contributed by atoms with Crippen LogP contribution in [0.1, 0.15) is 5.48 Å². The van der Waals surface area contributed by atoms with Gasteiger partial charge in [0.15, 0.2) is 6.29 Å². The van der Waals surface area contributed by atoms with Crippen molar-refractivity contribution >= 4 is 31.3 Å². The van der Waals surface area contributed by atoms with E-state index in [0.29, 0.717) is 0 Å². The number of ether oxygens (including phenoxy) is 4. The Labute approximate surface area is 143 Å². The van der Waals surface area contributed by atoms with Gasteiger partial charge in [0.05, 0.1) is 6.61 Å². The predicted octanol–water partition coefficient (Wildman–Crippen LogP) is -2.49. The van der Waals surface area contributed by atoms with Crippen molar-refractivity contribution in [3.63, 3.8) is 0 Å². The van der Waals surface area contributed by atoms with Crippen LogP contribution in [-0.2, 0) is 42.9 Å². The van der Waals surface area contributed by atoms with Crippen LogP contribution in [0.2, 0.25) is 0 Å². The van der Waals surface area contributed by atoms with Gasteiger partial charge >= 0.3 is 0 Å². The second kappa shape index (κ2) is 14.7. The highest BCUT2D eigenvalue weighted by molar-refractivity contribution is 5.59. The molecule has 0 radical (unpaired) electrons. The zero-order chi connectivity index (χ0) is 21.7. The molecule has 0 saturated heterocycles. The lowest BCUT2D eigenvalue weighted by molar-refractivity contribution is -0.176. The van der Waals surface area contributed by atoms with Crippen molar-refractivity contribution in [2.45, 2.75) is 24.4 Å². The maximum absolute atomic E-state index is 11.3. The highest BCUT2D eigenvalue weighted by atomic mass is 16.6. The summed E-state index contributed by atoms with van der Waals surface area (Å²) in [4.78, 5) is 54.4. The van der Waals surface area contributed by atoms with E-state index < -0.39 is 82.5 Å². The minimum absolute atomic E-state index is 0.127. The molecule has 0 heterocycles. The van der Waals surface area contributed by atoms with E-state index in [1.165, 1.54) is 0 Å². The first-order chi connectivity index (χ1) is 13.1. The van der Waals surface area contributed by atoms with Gasteiger partial charge in [0.1, 0.15) is 81.4 Å². The Morgan fingerprint density at radius 2 is 1.29 bits per heavy atom. The second-order valence-electron chi connectivity index (χ2n) is 4.12. The topological polar surface area (TPSA) is 143 Å². The van der Waals surface area contributed by atoms with E-state index >= 15 is 0 Å². The van der Waals surface area contributed by atoms with Crippen LogP contribution >= 0.6 is 0 Å². The number of rotatable bonds is 17. The van der Waals surface area contributed by atoms with Crippen LogP contribution < -0.4 is 0 Å². The predicted molar refractivity (Wildman–Crippen MR) is 76.4 cm³/mol. The molecule has 136 valence electrons. The van der Waals surface area contributed by atoms with Crippen LogP contribution in [0.4, 0.5) is 0 Å². The third-order valence-corrected chi connectivity index (χ3v) is 2.61. The summed E-state index contributed by atoms with van der Waals surface area (Å²) < 4.78 is 47.0. The molecule has 24 heavy (non-hydrogen) atoms. The Bertz CT molecular complexity index is 558. The number of aliphatic hydroxyl groups is 1. The molecule has 0 spiro atoms. The highest BCUT2D eigenvalue weighted by Crippen LogP contribution is 2.15. The molecular formula is C14H20O10. The Morgan fingerprint density at radius 1 is 0.792 bits per heavy atom. The lowest BCUT2D eigenvalue weighted by Crippen LogP contribution is -2.51. The van der Waals surface area contributed by atoms with Gasteiger partial charge in [-0.05, 0) is 0 Å². The number of aldehydes is 5. The molecule has 10 heteroatoms. The molecule has 0 aromatic heterocycles. The standard InChI is InChI=1S/C14H20O10/c15-1-5-21-10-11(20)13(23-7-3-17)14(24-8-4-18)12(9-19)22-6-2-16/h1-4,9,11-14,20H,5-8,10H2/t11-,12+,13-,14-/m1/s1/i1D,2D,3D,4D. The number of hydrogen-bond donors (Lipinski definition) is 1. The second-order valence-corrected chi connectivity index (χ2v) is 4.12. The van der Waals surface area contributed by atoms with Crippen molar-refractivity contribution in [1.82, 2.24) is 0 Å². The molecule has 0 aliphatic heterocycles. The van der Waals surface area contributed by atoms with Crippen molar-refractivity contribution in [3.05, 3.63) is 0 Å². The van der Waals surface area contributed by atoms with Crippen molar-refractivity contribution in [3.8, 4) is 0 Å². The third kappa shape index (κ3) is 8.70. The number of carbonyl (C=O) groups excluding carboxylic acids is 5. The van der Waals surface area contributed by atoms with Gasteiger partial charge in [0.2, 0.25) is 0 Å². The molecule has 0 fully saturated rings. The van der Waals surface area contributed by atoms with Crippen LogP contribution in [0.5, 0.6) is 0 Å². The van der Waals surface area contributed by atoms with Gasteiger partial charge in [-0.1, -0.05) is 0 Å². The quantitative estimate of drug-likeness (QED) is 0.279. The SMILES string of the molecule is [2H]C(=O)COC[C@@H](O)[C@@H](OCC([2H])=O)[C@H](OCC([2H])=O)[C@H](C=O)OCC([2H])=O. The molecule has 10 nitrogen and oxygen atoms in total. The number of aliphatic hydroxyl groups excluding tert-OH is 1. The average Bonchev–Trinajstić information content (AvgIpc) is 2.58. The molecule has 0 rings (SSSR count). The fourth-order valence-corrected chi connectivity index (χ4v) is 1.72. The summed E-state index contributed by atoms with van der Waals surface area (Å²) in [5.41, 5.74) is 0. The summed E-state index contributed by atoms with van der Waals surface area (Å²) in [5, 5.41) is 10.2. The first-order valence-corrected chi connectivity index (χ1v) is 6.62. The largest absolute Gasteiger partial charge is 0.388 e. The van der Waals surface area contributed by atoms with E-state index in [2.05, 4.69) is 0 Å². The zero-order valence-corrected chi connectivity index (χ0v) is 12.5. The zero-order valence-electron chi connectivity index (χ0n) is 16.5. The molecule has 0 saturated carbocycles. The van der Waals surface area contributed by atoms with Crippen LogP contribution in [0.3, 0.4) is 0 Å². The lowest BCUT2D eigenvalue weighted by atomic mass is 10.0. The summed E-state index contributed by atoms with van der Waals surface area (Å²) in [6, 6.07) is 0. The normalized spacial score (nSPS) is 18.0. The van der Waals surface area contributed by atoms with Crippen molar-refractivity contribution < 1.29 is 53.5 Å². The minimum Gasteiger partial charge on any atom is -0.388 e. The Kier molecular flexibility index (Phi) is 9.61. The van der Waals surface area contributed by atoms with E-state index in [-0.39, 0.29) is 6.29 Å². The summed E-state index contributed by atoms with van der Waals surface area (Å²) in [7, 11) is 0. The minimum atomic E-state index is -1.69. The first kappa shape index (κ1) is 15.7. The molecular weight excluding hydrogens is 328 g/mol. The van der Waals surface area contributed by atoms with E-state index in [9.17, 15) is 29.1 Å². The molecule has 0 unspecified atom stereocenters. The molecule has 0 bridgehead atoms. The van der Waals surface area contributed by atoms with Crippen LogP contribution in [0.15, 0.2) is 0 Å². The Balaban J connectivity index is 5.50. The van der Waals surface area contributed by atoms with Crippen molar-refractivity contribution in [1.29, 1.82) is 0 Å². The molecule has 0 amide bonds. The van der Waals surface area contributed by atoms with Gasteiger partial charge in [0, 0.05) is 0 Å². The molecule has 0 aliphatic carbocycles. The van der Waals surface area contributed by atoms with Gasteiger partial charge in [-0.3, -0.25) is 0 Å². The highest BCUT2D eigenvalue weighted by Gasteiger charge is 2.37. The molecule has 1 N–H and O–H groups in total. The maximum Gasteiger partial charge on any atom is 0.151 e. The van der Waals surface area contributed by atoms with Crippen LogP contribution in [0, 0.1) is 0 Å². The average molecular weight is 352 g/mol. The van der Waals surface area contributed by atoms with Gasteiger partial charge in [-0.2, -0.15) is 0 Å². The van der Waals surface area contributed by atoms with Gasteiger partial charge in [0.25, 0.3) is 0 Å². The van der Waals surface area contributed by atoms with E-state index in [4.69, 9.17) is 24.4 Å². The van der Waals surface area contributed by atoms with E-state index in [1.807, 2.05) is 0 Å². The third-order valence-electron chi connectivity index (χ3n) is 2.61. The van der Waals surface area contributed by atoms with Gasteiger partial charge in [-0.25, -0.2) is 0 Å². The fourth-order valence-electron chi connectivity index (χ4n) is 1.72. The van der Waals surface area contributed by atoms with Crippen molar-refractivity contribution in [2.24, 2.45) is 0 Å². The van der Waals surface area contributed by atoms with Crippen LogP contribution in [0.25, 0.3) is 0 Å². The van der Waals surface area contributed by atoms with Crippen LogP contribution in [-0.4, -0.2) is 93.9 Å². The maximum atomic E-state index is 11.3. The van der Waals surface area contributed by atoms with Gasteiger partial charge < -0.3 is 48.0 Å². The number of hydrogen-bond acceptors (Lipinski definition) is 10. The Hall–Kier alpha value is -1.85. The summed E-state index contributed by atoms with van der Waals surface area (Å²) >= 11 is 0. The summed E-state index contributed by atoms with van der Waals surface area (Å²) in [6.45, 7) is -3.89.